The number of likely N-dealkylation sites (tertiary alicyclic amines) is 1. The number of benzene rings is 1. The van der Waals surface area contributed by atoms with Crippen molar-refractivity contribution in [2.24, 2.45) is 0 Å². The lowest BCUT2D eigenvalue weighted by Crippen LogP contribution is -2.19. The van der Waals surface area contributed by atoms with Gasteiger partial charge in [-0.15, -0.1) is 0 Å². The summed E-state index contributed by atoms with van der Waals surface area (Å²) in [5.41, 5.74) is 2.76. The fraction of sp³-hybridized carbons (Fsp3) is 0.312. The van der Waals surface area contributed by atoms with Crippen LogP contribution in [0.15, 0.2) is 53.3 Å². The molecule has 0 amide bonds. The van der Waals surface area contributed by atoms with Gasteiger partial charge in [-0.05, 0) is 48.2 Å². The average molecular weight is 317 g/mol. The molecule has 1 unspecified atom stereocenters. The highest BCUT2D eigenvalue weighted by molar-refractivity contribution is 9.10. The molecule has 98 valence electrons. The molecule has 0 saturated carbocycles. The van der Waals surface area contributed by atoms with Gasteiger partial charge in [-0.1, -0.05) is 34.1 Å². The van der Waals surface area contributed by atoms with Crippen LogP contribution in [0.1, 0.15) is 23.5 Å². The molecule has 0 radical (unpaired) electrons. The lowest BCUT2D eigenvalue weighted by Gasteiger charge is -2.16. The zero-order valence-electron chi connectivity index (χ0n) is 10.8. The smallest absolute Gasteiger partial charge is 0.0312 e. The van der Waals surface area contributed by atoms with Gasteiger partial charge in [-0.3, -0.25) is 9.88 Å². The molecule has 1 atom stereocenters. The van der Waals surface area contributed by atoms with Gasteiger partial charge in [0.05, 0.1) is 0 Å². The molecule has 2 nitrogen and oxygen atoms in total. The van der Waals surface area contributed by atoms with Gasteiger partial charge in [0.25, 0.3) is 0 Å². The monoisotopic (exact) mass is 316 g/mol. The van der Waals surface area contributed by atoms with E-state index in [0.29, 0.717) is 5.92 Å². The Kier molecular flexibility index (Phi) is 3.95. The Morgan fingerprint density at radius 3 is 2.79 bits per heavy atom. The second-order valence-corrected chi connectivity index (χ2v) is 6.05. The van der Waals surface area contributed by atoms with Crippen LogP contribution >= 0.6 is 15.9 Å². The van der Waals surface area contributed by atoms with Crippen LogP contribution < -0.4 is 0 Å². The molecule has 19 heavy (non-hydrogen) atoms. The fourth-order valence-electron chi connectivity index (χ4n) is 2.73. The normalized spacial score (nSPS) is 19.7. The summed E-state index contributed by atoms with van der Waals surface area (Å²) in [6.07, 6.45) is 5.05. The maximum Gasteiger partial charge on any atom is 0.0312 e. The molecule has 1 fully saturated rings. The molecule has 2 aromatic rings. The molecule has 0 aliphatic carbocycles. The standard InChI is InChI=1S/C16H17BrN2/c17-16-5-3-14(4-6-16)15-7-9-19(12-15)11-13-2-1-8-18-10-13/h1-6,8,10,15H,7,9,11-12H2. The lowest BCUT2D eigenvalue weighted by atomic mass is 9.99. The molecule has 1 saturated heterocycles. The van der Waals surface area contributed by atoms with Gasteiger partial charge < -0.3 is 0 Å². The topological polar surface area (TPSA) is 16.1 Å². The second kappa shape index (κ2) is 5.85. The summed E-state index contributed by atoms with van der Waals surface area (Å²) in [5, 5.41) is 0. The van der Waals surface area contributed by atoms with Crippen LogP contribution in [0.5, 0.6) is 0 Å². The van der Waals surface area contributed by atoms with Crippen molar-refractivity contribution in [1.29, 1.82) is 0 Å². The van der Waals surface area contributed by atoms with Crippen molar-refractivity contribution in [1.82, 2.24) is 9.88 Å². The quantitative estimate of drug-likeness (QED) is 0.855. The molecule has 1 aliphatic rings. The minimum Gasteiger partial charge on any atom is -0.298 e. The summed E-state index contributed by atoms with van der Waals surface area (Å²) in [6.45, 7) is 3.34. The summed E-state index contributed by atoms with van der Waals surface area (Å²) in [5.74, 6) is 0.671. The summed E-state index contributed by atoms with van der Waals surface area (Å²) < 4.78 is 1.15. The maximum atomic E-state index is 4.18. The van der Waals surface area contributed by atoms with E-state index in [4.69, 9.17) is 0 Å². The number of hydrogen-bond acceptors (Lipinski definition) is 2. The summed E-state index contributed by atoms with van der Waals surface area (Å²) >= 11 is 3.49. The zero-order chi connectivity index (χ0) is 13.1. The Balaban J connectivity index is 1.62. The number of halogens is 1. The predicted octanol–water partition coefficient (Wildman–Crippen LogP) is 3.83. The van der Waals surface area contributed by atoms with Crippen molar-refractivity contribution < 1.29 is 0 Å². The number of pyridine rings is 1. The van der Waals surface area contributed by atoms with Crippen LogP contribution in [0.25, 0.3) is 0 Å². The molecule has 3 heteroatoms. The summed E-state index contributed by atoms with van der Waals surface area (Å²) in [6, 6.07) is 12.9. The molecular formula is C16H17BrN2. The van der Waals surface area contributed by atoms with E-state index in [1.54, 1.807) is 0 Å². The van der Waals surface area contributed by atoms with Crippen LogP contribution in [-0.2, 0) is 6.54 Å². The van der Waals surface area contributed by atoms with E-state index in [2.05, 4.69) is 56.1 Å². The lowest BCUT2D eigenvalue weighted by molar-refractivity contribution is 0.326. The van der Waals surface area contributed by atoms with Gasteiger partial charge in [0.15, 0.2) is 0 Å². The third kappa shape index (κ3) is 3.23. The highest BCUT2D eigenvalue weighted by Gasteiger charge is 2.23. The van der Waals surface area contributed by atoms with Gasteiger partial charge in [-0.25, -0.2) is 0 Å². The van der Waals surface area contributed by atoms with Gasteiger partial charge in [0.2, 0.25) is 0 Å². The Morgan fingerprint density at radius 2 is 2.05 bits per heavy atom. The second-order valence-electron chi connectivity index (χ2n) is 5.13. The third-order valence-electron chi connectivity index (χ3n) is 3.74. The minimum absolute atomic E-state index is 0.671. The van der Waals surface area contributed by atoms with Crippen LogP contribution in [0.3, 0.4) is 0 Å². The van der Waals surface area contributed by atoms with Crippen LogP contribution in [0, 0.1) is 0 Å². The van der Waals surface area contributed by atoms with E-state index < -0.39 is 0 Å². The van der Waals surface area contributed by atoms with Crippen molar-refractivity contribution in [3.8, 4) is 0 Å². The van der Waals surface area contributed by atoms with Gasteiger partial charge >= 0.3 is 0 Å². The molecule has 1 aromatic carbocycles. The highest BCUT2D eigenvalue weighted by atomic mass is 79.9. The summed E-state index contributed by atoms with van der Waals surface area (Å²) in [7, 11) is 0. The van der Waals surface area contributed by atoms with E-state index in [0.717, 1.165) is 17.6 Å². The fourth-order valence-corrected chi connectivity index (χ4v) is 3.00. The first kappa shape index (κ1) is 12.8. The Bertz CT molecular complexity index is 524. The first-order chi connectivity index (χ1) is 9.31. The summed E-state index contributed by atoms with van der Waals surface area (Å²) in [4.78, 5) is 6.70. The molecule has 2 heterocycles. The Labute approximate surface area is 122 Å². The first-order valence-electron chi connectivity index (χ1n) is 6.68. The highest BCUT2D eigenvalue weighted by Crippen LogP contribution is 2.28. The van der Waals surface area contributed by atoms with Gasteiger partial charge in [0, 0.05) is 30.0 Å². The zero-order valence-corrected chi connectivity index (χ0v) is 12.4. The van der Waals surface area contributed by atoms with E-state index in [1.807, 2.05) is 18.5 Å². The van der Waals surface area contributed by atoms with Crippen LogP contribution in [0.4, 0.5) is 0 Å². The number of aromatic nitrogens is 1. The molecular weight excluding hydrogens is 300 g/mol. The number of nitrogens with zero attached hydrogens (tertiary/aromatic N) is 2. The van der Waals surface area contributed by atoms with Gasteiger partial charge in [-0.2, -0.15) is 0 Å². The molecule has 1 aliphatic heterocycles. The third-order valence-corrected chi connectivity index (χ3v) is 4.27. The predicted molar refractivity (Wildman–Crippen MR) is 81.0 cm³/mol. The van der Waals surface area contributed by atoms with E-state index in [1.165, 1.54) is 24.1 Å². The molecule has 3 rings (SSSR count). The number of hydrogen-bond donors (Lipinski definition) is 0. The molecule has 0 N–H and O–H groups in total. The minimum atomic E-state index is 0.671. The average Bonchev–Trinajstić information content (AvgIpc) is 2.89. The van der Waals surface area contributed by atoms with Crippen molar-refractivity contribution >= 4 is 15.9 Å². The number of rotatable bonds is 3. The first-order valence-corrected chi connectivity index (χ1v) is 7.47. The van der Waals surface area contributed by atoms with E-state index in [9.17, 15) is 0 Å². The Morgan fingerprint density at radius 1 is 1.21 bits per heavy atom. The molecule has 0 bridgehead atoms. The van der Waals surface area contributed by atoms with Crippen molar-refractivity contribution in [3.63, 3.8) is 0 Å². The van der Waals surface area contributed by atoms with Gasteiger partial charge in [0.1, 0.15) is 0 Å². The van der Waals surface area contributed by atoms with E-state index in [-0.39, 0.29) is 0 Å². The van der Waals surface area contributed by atoms with Crippen LogP contribution in [-0.4, -0.2) is 23.0 Å². The van der Waals surface area contributed by atoms with Crippen molar-refractivity contribution in [2.75, 3.05) is 13.1 Å². The SMILES string of the molecule is Brc1ccc(C2CCN(Cc3cccnc3)C2)cc1. The van der Waals surface area contributed by atoms with Crippen LogP contribution in [0.2, 0.25) is 0 Å². The van der Waals surface area contributed by atoms with Crippen molar-refractivity contribution in [3.05, 3.63) is 64.4 Å². The largest absolute Gasteiger partial charge is 0.298 e. The van der Waals surface area contributed by atoms with E-state index >= 15 is 0 Å². The molecule has 0 spiro atoms. The Hall–Kier alpha value is -1.19. The van der Waals surface area contributed by atoms with Crippen molar-refractivity contribution in [2.45, 2.75) is 18.9 Å². The molecule has 1 aromatic heterocycles. The maximum absolute atomic E-state index is 4.18.